The van der Waals surface area contributed by atoms with Crippen molar-refractivity contribution in [1.29, 1.82) is 0 Å². The quantitative estimate of drug-likeness (QED) is 0.334. The molecule has 0 aliphatic carbocycles. The van der Waals surface area contributed by atoms with E-state index in [0.717, 1.165) is 27.2 Å². The first-order valence-corrected chi connectivity index (χ1v) is 12.0. The lowest BCUT2D eigenvalue weighted by Gasteiger charge is -2.43. The van der Waals surface area contributed by atoms with Gasteiger partial charge in [0.25, 0.3) is 5.56 Å². The first kappa shape index (κ1) is 28.6. The Balaban J connectivity index is 2.07. The van der Waals surface area contributed by atoms with Crippen LogP contribution in [0.4, 0.5) is 0 Å². The summed E-state index contributed by atoms with van der Waals surface area (Å²) in [6, 6.07) is 3.09. The molecule has 3 unspecified atom stereocenters. The van der Waals surface area contributed by atoms with Crippen LogP contribution < -0.4 is 10.3 Å². The van der Waals surface area contributed by atoms with Gasteiger partial charge in [0.15, 0.2) is 23.6 Å². The van der Waals surface area contributed by atoms with Crippen molar-refractivity contribution >= 4 is 29.5 Å². The molecule has 0 amide bonds. The van der Waals surface area contributed by atoms with Crippen molar-refractivity contribution in [3.05, 3.63) is 40.4 Å². The van der Waals surface area contributed by atoms with E-state index in [1.165, 1.54) is 29.8 Å². The van der Waals surface area contributed by atoms with Gasteiger partial charge in [0.1, 0.15) is 12.7 Å². The minimum atomic E-state index is -1.45. The summed E-state index contributed by atoms with van der Waals surface area (Å²) in [6.45, 7) is 6.10. The summed E-state index contributed by atoms with van der Waals surface area (Å²) in [6.07, 6.45) is -2.46. The monoisotopic (exact) mass is 534 g/mol. The predicted octanol–water partition coefficient (Wildman–Crippen LogP) is 1.11. The lowest BCUT2D eigenvalue weighted by Crippen LogP contribution is -2.63. The van der Waals surface area contributed by atoms with Crippen molar-refractivity contribution in [2.45, 2.75) is 78.2 Å². The van der Waals surface area contributed by atoms with E-state index in [1.54, 1.807) is 6.07 Å². The summed E-state index contributed by atoms with van der Waals surface area (Å²) < 4.78 is 34.5. The average Bonchev–Trinajstić information content (AvgIpc) is 2.83. The standard InChI is InChI=1S/C25H30N2O11/c1-6-8-17-11-26-23-18(9-7-10-27(23)24(17)32)37-25-22(36-16(5)31)21(35-15(4)30)20(34-14(3)29)19(38-25)12-33-13(2)28/h7,9-11,19-22,25H,6,8,12H2,1-5H3/t19?,20-,21?,22?,25-/m1/s1. The number of aryl methyl sites for hydroxylation is 1. The van der Waals surface area contributed by atoms with Crippen molar-refractivity contribution in [2.24, 2.45) is 0 Å². The lowest BCUT2D eigenvalue weighted by molar-refractivity contribution is -0.288. The highest BCUT2D eigenvalue weighted by atomic mass is 16.7. The van der Waals surface area contributed by atoms with E-state index in [4.69, 9.17) is 28.4 Å². The van der Waals surface area contributed by atoms with Gasteiger partial charge in [-0.15, -0.1) is 0 Å². The van der Waals surface area contributed by atoms with Crippen LogP contribution in [-0.2, 0) is 49.3 Å². The molecule has 0 N–H and O–H groups in total. The fourth-order valence-corrected chi connectivity index (χ4v) is 4.06. The molecule has 2 aromatic rings. The fraction of sp³-hybridized carbons (Fsp3) is 0.520. The molecule has 0 bridgehead atoms. The van der Waals surface area contributed by atoms with E-state index >= 15 is 0 Å². The maximum absolute atomic E-state index is 12.9. The van der Waals surface area contributed by atoms with Crippen LogP contribution in [0, 0.1) is 0 Å². The highest BCUT2D eigenvalue weighted by molar-refractivity contribution is 5.68. The summed E-state index contributed by atoms with van der Waals surface area (Å²) in [4.78, 5) is 64.6. The van der Waals surface area contributed by atoms with Gasteiger partial charge in [-0.1, -0.05) is 13.3 Å². The predicted molar refractivity (Wildman–Crippen MR) is 128 cm³/mol. The SMILES string of the molecule is CCCc1cnc2c(O[C@@H]3OC(COC(C)=O)[C@@H](OC(C)=O)C(OC(C)=O)C3OC(C)=O)cccn2c1=O. The second-order valence-corrected chi connectivity index (χ2v) is 8.59. The number of aromatic nitrogens is 2. The molecule has 13 nitrogen and oxygen atoms in total. The van der Waals surface area contributed by atoms with E-state index < -0.39 is 61.2 Å². The number of carbonyl (C=O) groups is 4. The molecule has 3 rings (SSSR count). The third-order valence-electron chi connectivity index (χ3n) is 5.48. The molecule has 0 radical (unpaired) electrons. The zero-order valence-electron chi connectivity index (χ0n) is 21.7. The maximum atomic E-state index is 12.9. The minimum Gasteiger partial charge on any atom is -0.463 e. The molecular weight excluding hydrogens is 504 g/mol. The lowest BCUT2D eigenvalue weighted by atomic mass is 9.98. The summed E-state index contributed by atoms with van der Waals surface area (Å²) in [5.74, 6) is -2.82. The summed E-state index contributed by atoms with van der Waals surface area (Å²) in [5.41, 5.74) is 0.406. The topological polar surface area (TPSA) is 158 Å². The van der Waals surface area contributed by atoms with E-state index in [1.807, 2.05) is 6.92 Å². The van der Waals surface area contributed by atoms with Crippen LogP contribution in [-0.4, -0.2) is 70.6 Å². The first-order valence-electron chi connectivity index (χ1n) is 12.0. The van der Waals surface area contributed by atoms with Crippen LogP contribution in [0.15, 0.2) is 29.3 Å². The van der Waals surface area contributed by atoms with Crippen molar-refractivity contribution in [3.8, 4) is 5.75 Å². The molecule has 1 aliphatic heterocycles. The zero-order chi connectivity index (χ0) is 28.0. The van der Waals surface area contributed by atoms with Gasteiger partial charge in [0.05, 0.1) is 0 Å². The van der Waals surface area contributed by atoms with Crippen LogP contribution in [0.3, 0.4) is 0 Å². The molecule has 0 aromatic carbocycles. The summed E-state index contributed by atoms with van der Waals surface area (Å²) in [5, 5.41) is 0. The van der Waals surface area contributed by atoms with E-state index in [9.17, 15) is 24.0 Å². The maximum Gasteiger partial charge on any atom is 0.303 e. The number of hydrogen-bond acceptors (Lipinski definition) is 12. The average molecular weight is 535 g/mol. The summed E-state index contributed by atoms with van der Waals surface area (Å²) >= 11 is 0. The Kier molecular flexibility index (Phi) is 9.40. The molecular formula is C25H30N2O11. The van der Waals surface area contributed by atoms with Crippen LogP contribution >= 0.6 is 0 Å². The molecule has 206 valence electrons. The first-order chi connectivity index (χ1) is 18.0. The zero-order valence-corrected chi connectivity index (χ0v) is 21.7. The van der Waals surface area contributed by atoms with Crippen molar-refractivity contribution < 1.29 is 47.6 Å². The Hall–Kier alpha value is -4.00. The molecule has 13 heteroatoms. The van der Waals surface area contributed by atoms with Gasteiger partial charge in [-0.3, -0.25) is 28.4 Å². The number of pyridine rings is 1. The number of fused-ring (bicyclic) bond motifs is 1. The van der Waals surface area contributed by atoms with E-state index in [-0.39, 0.29) is 17.0 Å². The van der Waals surface area contributed by atoms with E-state index in [0.29, 0.717) is 12.0 Å². The Morgan fingerprint density at radius 1 is 0.947 bits per heavy atom. The van der Waals surface area contributed by atoms with Crippen LogP contribution in [0.1, 0.15) is 46.6 Å². The molecule has 2 aromatic heterocycles. The number of esters is 4. The van der Waals surface area contributed by atoms with Crippen LogP contribution in [0.25, 0.3) is 5.65 Å². The Morgan fingerprint density at radius 2 is 1.58 bits per heavy atom. The second-order valence-electron chi connectivity index (χ2n) is 8.59. The van der Waals surface area contributed by atoms with Gasteiger partial charge in [0.2, 0.25) is 12.4 Å². The third-order valence-corrected chi connectivity index (χ3v) is 5.48. The number of rotatable bonds is 9. The normalized spacial score (nSPS) is 22.8. The minimum absolute atomic E-state index is 0.0912. The molecule has 5 atom stereocenters. The summed E-state index contributed by atoms with van der Waals surface area (Å²) in [7, 11) is 0. The van der Waals surface area contributed by atoms with E-state index in [2.05, 4.69) is 4.98 Å². The Morgan fingerprint density at radius 3 is 2.18 bits per heavy atom. The van der Waals surface area contributed by atoms with Gasteiger partial charge >= 0.3 is 23.9 Å². The molecule has 1 aliphatic rings. The number of hydrogen-bond donors (Lipinski definition) is 0. The number of nitrogens with zero attached hydrogens (tertiary/aromatic N) is 2. The molecule has 0 saturated carbocycles. The van der Waals surface area contributed by atoms with Gasteiger partial charge < -0.3 is 28.4 Å². The smallest absolute Gasteiger partial charge is 0.303 e. The number of carbonyl (C=O) groups excluding carboxylic acids is 4. The molecule has 38 heavy (non-hydrogen) atoms. The molecule has 3 heterocycles. The van der Waals surface area contributed by atoms with Crippen LogP contribution in [0.5, 0.6) is 5.75 Å². The molecule has 1 fully saturated rings. The Labute approximate surface area is 217 Å². The van der Waals surface area contributed by atoms with Crippen molar-refractivity contribution in [1.82, 2.24) is 9.38 Å². The molecule has 1 saturated heterocycles. The highest BCUT2D eigenvalue weighted by Gasteiger charge is 2.53. The second kappa shape index (κ2) is 12.5. The van der Waals surface area contributed by atoms with Gasteiger partial charge in [0, 0.05) is 45.7 Å². The molecule has 0 spiro atoms. The van der Waals surface area contributed by atoms with Crippen molar-refractivity contribution in [2.75, 3.05) is 6.61 Å². The third kappa shape index (κ3) is 6.85. The highest BCUT2D eigenvalue weighted by Crippen LogP contribution is 2.31. The van der Waals surface area contributed by atoms with Gasteiger partial charge in [-0.2, -0.15) is 0 Å². The number of ether oxygens (including phenoxy) is 6. The Bertz CT molecular complexity index is 1260. The van der Waals surface area contributed by atoms with Crippen LogP contribution in [0.2, 0.25) is 0 Å². The fourth-order valence-electron chi connectivity index (χ4n) is 4.06. The largest absolute Gasteiger partial charge is 0.463 e. The van der Waals surface area contributed by atoms with Gasteiger partial charge in [-0.25, -0.2) is 4.98 Å². The van der Waals surface area contributed by atoms with Gasteiger partial charge in [-0.05, 0) is 18.6 Å². The van der Waals surface area contributed by atoms with Crippen molar-refractivity contribution in [3.63, 3.8) is 0 Å².